The van der Waals surface area contributed by atoms with E-state index in [0.29, 0.717) is 0 Å². The molecule has 0 amide bonds. The summed E-state index contributed by atoms with van der Waals surface area (Å²) in [6.45, 7) is -1.17. The van der Waals surface area contributed by atoms with Crippen LogP contribution in [0.4, 0.5) is 0 Å². The van der Waals surface area contributed by atoms with Crippen LogP contribution in [0.2, 0.25) is 0 Å². The van der Waals surface area contributed by atoms with Crippen LogP contribution in [0.25, 0.3) is 0 Å². The van der Waals surface area contributed by atoms with Crippen molar-refractivity contribution >= 4 is 0 Å². The van der Waals surface area contributed by atoms with Crippen LogP contribution in [0.15, 0.2) is 0 Å². The van der Waals surface area contributed by atoms with Gasteiger partial charge in [-0.1, -0.05) is 0 Å². The molecule has 0 aliphatic carbocycles. The summed E-state index contributed by atoms with van der Waals surface area (Å²) in [7, 11) is 0. The Labute approximate surface area is 69.9 Å². The minimum atomic E-state index is -1.54. The fourth-order valence-electron chi connectivity index (χ4n) is 0.697. The molecule has 0 saturated heterocycles. The van der Waals surface area contributed by atoms with E-state index in [4.69, 9.17) is 31.3 Å². The largest absolute Gasteiger partial charge is 0.395 e. The van der Waals surface area contributed by atoms with E-state index in [2.05, 4.69) is 0 Å². The molecule has 6 nitrogen and oxygen atoms in total. The third kappa shape index (κ3) is 3.02. The van der Waals surface area contributed by atoms with E-state index in [-0.39, 0.29) is 0 Å². The SMILES string of the molecule is NC(CO)C(O)C(O)C(O)CO. The number of hydrogen-bond donors (Lipinski definition) is 6. The van der Waals surface area contributed by atoms with Crippen molar-refractivity contribution in [1.82, 2.24) is 0 Å². The lowest BCUT2D eigenvalue weighted by Crippen LogP contribution is -2.50. The van der Waals surface area contributed by atoms with Crippen LogP contribution < -0.4 is 5.73 Å². The molecule has 0 fully saturated rings. The first-order chi connectivity index (χ1) is 5.54. The molecule has 0 aliphatic rings. The standard InChI is InChI=1S/C6H15NO5/c7-3(1-8)5(11)6(12)4(10)2-9/h3-6,8-12H,1-2,7H2. The zero-order valence-corrected chi connectivity index (χ0v) is 6.54. The van der Waals surface area contributed by atoms with Gasteiger partial charge in [0.05, 0.1) is 25.4 Å². The highest BCUT2D eigenvalue weighted by molar-refractivity contribution is 4.82. The lowest BCUT2D eigenvalue weighted by Gasteiger charge is -2.24. The minimum absolute atomic E-state index is 0.504. The molecule has 12 heavy (non-hydrogen) atoms. The Hall–Kier alpha value is -0.240. The summed E-state index contributed by atoms with van der Waals surface area (Å²) >= 11 is 0. The molecule has 0 rings (SSSR count). The quantitative estimate of drug-likeness (QED) is 0.260. The molecule has 6 heteroatoms. The third-order valence-electron chi connectivity index (χ3n) is 1.58. The van der Waals surface area contributed by atoms with Crippen molar-refractivity contribution in [3.63, 3.8) is 0 Å². The molecule has 0 aromatic heterocycles. The number of rotatable bonds is 5. The first-order valence-electron chi connectivity index (χ1n) is 3.56. The molecule has 74 valence electrons. The Balaban J connectivity index is 3.99. The van der Waals surface area contributed by atoms with Crippen molar-refractivity contribution in [1.29, 1.82) is 0 Å². The van der Waals surface area contributed by atoms with Gasteiger partial charge in [-0.05, 0) is 0 Å². The molecular formula is C6H15NO5. The van der Waals surface area contributed by atoms with Gasteiger partial charge in [0.25, 0.3) is 0 Å². The molecule has 0 aromatic rings. The molecule has 7 N–H and O–H groups in total. The molecule has 0 saturated carbocycles. The van der Waals surface area contributed by atoms with Gasteiger partial charge in [-0.3, -0.25) is 0 Å². The van der Waals surface area contributed by atoms with Gasteiger partial charge in [-0.25, -0.2) is 0 Å². The Morgan fingerprint density at radius 1 is 0.917 bits per heavy atom. The molecule has 0 spiro atoms. The maximum Gasteiger partial charge on any atom is 0.110 e. The van der Waals surface area contributed by atoms with Gasteiger partial charge < -0.3 is 31.3 Å². The second kappa shape index (κ2) is 5.41. The van der Waals surface area contributed by atoms with E-state index in [0.717, 1.165) is 0 Å². The van der Waals surface area contributed by atoms with Gasteiger partial charge in [0.1, 0.15) is 12.2 Å². The molecule has 0 bridgehead atoms. The van der Waals surface area contributed by atoms with Crippen LogP contribution in [-0.2, 0) is 0 Å². The normalized spacial score (nSPS) is 21.5. The van der Waals surface area contributed by atoms with Gasteiger partial charge in [-0.15, -0.1) is 0 Å². The molecule has 0 heterocycles. The second-order valence-electron chi connectivity index (χ2n) is 2.58. The van der Waals surface area contributed by atoms with Crippen LogP contribution in [0.5, 0.6) is 0 Å². The van der Waals surface area contributed by atoms with Crippen molar-refractivity contribution in [3.8, 4) is 0 Å². The van der Waals surface area contributed by atoms with E-state index in [1.165, 1.54) is 0 Å². The van der Waals surface area contributed by atoms with Gasteiger partial charge in [0, 0.05) is 0 Å². The minimum Gasteiger partial charge on any atom is -0.395 e. The average Bonchev–Trinajstić information content (AvgIpc) is 2.12. The van der Waals surface area contributed by atoms with Crippen LogP contribution >= 0.6 is 0 Å². The van der Waals surface area contributed by atoms with E-state index in [9.17, 15) is 0 Å². The van der Waals surface area contributed by atoms with Crippen molar-refractivity contribution in [3.05, 3.63) is 0 Å². The summed E-state index contributed by atoms with van der Waals surface area (Å²) in [5, 5.41) is 43.8. The Bertz CT molecular complexity index is 109. The summed E-state index contributed by atoms with van der Waals surface area (Å²) in [6, 6.07) is -1.03. The van der Waals surface area contributed by atoms with E-state index in [1.807, 2.05) is 0 Å². The summed E-state index contributed by atoms with van der Waals surface area (Å²) in [5.41, 5.74) is 5.16. The molecule has 4 atom stereocenters. The third-order valence-corrected chi connectivity index (χ3v) is 1.58. The van der Waals surface area contributed by atoms with E-state index < -0.39 is 37.6 Å². The highest BCUT2D eigenvalue weighted by atomic mass is 16.4. The summed E-state index contributed by atoms with van der Waals surface area (Å²) in [4.78, 5) is 0. The van der Waals surface area contributed by atoms with Gasteiger partial charge in [-0.2, -0.15) is 0 Å². The molecule has 0 aliphatic heterocycles. The number of aliphatic hydroxyl groups excluding tert-OH is 5. The zero-order chi connectivity index (χ0) is 9.72. The maximum absolute atomic E-state index is 9.08. The monoisotopic (exact) mass is 181 g/mol. The van der Waals surface area contributed by atoms with Gasteiger partial charge >= 0.3 is 0 Å². The molecule has 4 unspecified atom stereocenters. The lowest BCUT2D eigenvalue weighted by molar-refractivity contribution is -0.0873. The maximum atomic E-state index is 9.08. The fraction of sp³-hybridized carbons (Fsp3) is 1.00. The number of nitrogens with two attached hydrogens (primary N) is 1. The van der Waals surface area contributed by atoms with Crippen LogP contribution in [-0.4, -0.2) is 63.1 Å². The summed E-state index contributed by atoms with van der Waals surface area (Å²) in [6.07, 6.45) is -4.44. The van der Waals surface area contributed by atoms with Crippen molar-refractivity contribution in [2.45, 2.75) is 24.4 Å². The van der Waals surface area contributed by atoms with Crippen LogP contribution in [0.1, 0.15) is 0 Å². The molecular weight excluding hydrogens is 166 g/mol. The molecule has 0 aromatic carbocycles. The average molecular weight is 181 g/mol. The van der Waals surface area contributed by atoms with Gasteiger partial charge in [0.15, 0.2) is 0 Å². The topological polar surface area (TPSA) is 127 Å². The van der Waals surface area contributed by atoms with Crippen LogP contribution in [0.3, 0.4) is 0 Å². The highest BCUT2D eigenvalue weighted by Crippen LogP contribution is 2.02. The Morgan fingerprint density at radius 3 is 1.75 bits per heavy atom. The highest BCUT2D eigenvalue weighted by Gasteiger charge is 2.28. The fourth-order valence-corrected chi connectivity index (χ4v) is 0.697. The van der Waals surface area contributed by atoms with Crippen molar-refractivity contribution in [2.75, 3.05) is 13.2 Å². The first kappa shape index (κ1) is 11.8. The second-order valence-corrected chi connectivity index (χ2v) is 2.58. The summed E-state index contributed by atoms with van der Waals surface area (Å²) in [5.74, 6) is 0. The number of aliphatic hydroxyl groups is 5. The van der Waals surface area contributed by atoms with Crippen molar-refractivity contribution < 1.29 is 25.5 Å². The van der Waals surface area contributed by atoms with E-state index >= 15 is 0 Å². The number of hydrogen-bond acceptors (Lipinski definition) is 6. The predicted octanol–water partition coefficient (Wildman–Crippen LogP) is -3.62. The van der Waals surface area contributed by atoms with Crippen molar-refractivity contribution in [2.24, 2.45) is 5.73 Å². The predicted molar refractivity (Wildman–Crippen MR) is 40.2 cm³/mol. The molecule has 0 radical (unpaired) electrons. The lowest BCUT2D eigenvalue weighted by atomic mass is 10.0. The Morgan fingerprint density at radius 2 is 1.42 bits per heavy atom. The van der Waals surface area contributed by atoms with Crippen LogP contribution in [0, 0.1) is 0 Å². The van der Waals surface area contributed by atoms with E-state index in [1.54, 1.807) is 0 Å². The van der Waals surface area contributed by atoms with Gasteiger partial charge in [0.2, 0.25) is 0 Å². The summed E-state index contributed by atoms with van der Waals surface area (Å²) < 4.78 is 0. The Kier molecular flexibility index (Phi) is 5.31. The first-order valence-corrected chi connectivity index (χ1v) is 3.56. The smallest absolute Gasteiger partial charge is 0.110 e. The zero-order valence-electron chi connectivity index (χ0n) is 6.54.